The number of phenols is 1. The number of nitrogens with zero attached hydrogens (tertiary/aromatic N) is 1. The summed E-state index contributed by atoms with van der Waals surface area (Å²) >= 11 is 2.13. The molecular formula is C17H16IN3O3. The van der Waals surface area contributed by atoms with Gasteiger partial charge in [0.15, 0.2) is 0 Å². The summed E-state index contributed by atoms with van der Waals surface area (Å²) in [5, 5.41) is 15.9. The van der Waals surface area contributed by atoms with E-state index in [1.165, 1.54) is 12.3 Å². The van der Waals surface area contributed by atoms with Crippen LogP contribution in [0.5, 0.6) is 5.75 Å². The minimum atomic E-state index is -0.357. The number of para-hydroxylation sites is 1. The van der Waals surface area contributed by atoms with Crippen molar-refractivity contribution in [3.8, 4) is 5.75 Å². The zero-order valence-corrected chi connectivity index (χ0v) is 14.9. The predicted molar refractivity (Wildman–Crippen MR) is 101 cm³/mol. The van der Waals surface area contributed by atoms with E-state index in [0.717, 1.165) is 9.26 Å². The van der Waals surface area contributed by atoms with Gasteiger partial charge in [-0.15, -0.1) is 0 Å². The van der Waals surface area contributed by atoms with Gasteiger partial charge in [-0.3, -0.25) is 9.59 Å². The number of rotatable bonds is 6. The molecule has 0 saturated heterocycles. The lowest BCUT2D eigenvalue weighted by atomic mass is 10.2. The minimum Gasteiger partial charge on any atom is -0.508 e. The van der Waals surface area contributed by atoms with Crippen molar-refractivity contribution in [3.63, 3.8) is 0 Å². The fourth-order valence-corrected chi connectivity index (χ4v) is 2.36. The van der Waals surface area contributed by atoms with Crippen LogP contribution >= 0.6 is 22.6 Å². The molecule has 3 N–H and O–H groups in total. The quantitative estimate of drug-likeness (QED) is 0.369. The van der Waals surface area contributed by atoms with Crippen LogP contribution in [0.4, 0.5) is 5.69 Å². The van der Waals surface area contributed by atoms with Crippen molar-refractivity contribution in [3.05, 3.63) is 57.7 Å². The number of hydrogen-bond donors (Lipinski definition) is 3. The van der Waals surface area contributed by atoms with Crippen LogP contribution in [0.15, 0.2) is 53.6 Å². The van der Waals surface area contributed by atoms with Crippen molar-refractivity contribution < 1.29 is 14.7 Å². The number of aromatic hydroxyl groups is 1. The molecule has 0 radical (unpaired) electrons. The second-order valence-corrected chi connectivity index (χ2v) is 6.08. The van der Waals surface area contributed by atoms with Crippen molar-refractivity contribution in [1.82, 2.24) is 5.43 Å². The molecule has 2 amide bonds. The smallest absolute Gasteiger partial charge is 0.240 e. The van der Waals surface area contributed by atoms with E-state index in [4.69, 9.17) is 0 Å². The van der Waals surface area contributed by atoms with E-state index in [1.54, 1.807) is 24.3 Å². The van der Waals surface area contributed by atoms with Gasteiger partial charge in [-0.05, 0) is 52.4 Å². The normalized spacial score (nSPS) is 10.5. The van der Waals surface area contributed by atoms with E-state index >= 15 is 0 Å². The van der Waals surface area contributed by atoms with Crippen molar-refractivity contribution in [2.45, 2.75) is 12.8 Å². The lowest BCUT2D eigenvalue weighted by Gasteiger charge is -2.06. The average Bonchev–Trinajstić information content (AvgIpc) is 2.55. The van der Waals surface area contributed by atoms with Crippen LogP contribution < -0.4 is 10.7 Å². The molecule has 0 atom stereocenters. The Balaban J connectivity index is 1.75. The van der Waals surface area contributed by atoms with Crippen LogP contribution in [0.2, 0.25) is 0 Å². The highest BCUT2D eigenvalue weighted by Crippen LogP contribution is 2.17. The van der Waals surface area contributed by atoms with Crippen molar-refractivity contribution in [1.29, 1.82) is 0 Å². The molecule has 0 aromatic heterocycles. The molecule has 6 nitrogen and oxygen atoms in total. The fraction of sp³-hybridized carbons (Fsp3) is 0.118. The van der Waals surface area contributed by atoms with Crippen LogP contribution in [0.25, 0.3) is 0 Å². The van der Waals surface area contributed by atoms with E-state index in [-0.39, 0.29) is 30.4 Å². The number of benzene rings is 2. The van der Waals surface area contributed by atoms with Crippen LogP contribution in [-0.2, 0) is 9.59 Å². The Labute approximate surface area is 153 Å². The molecule has 0 heterocycles. The molecule has 0 unspecified atom stereocenters. The highest BCUT2D eigenvalue weighted by molar-refractivity contribution is 14.1. The first-order valence-corrected chi connectivity index (χ1v) is 8.28. The molecule has 0 aliphatic rings. The zero-order chi connectivity index (χ0) is 17.4. The third-order valence-electron chi connectivity index (χ3n) is 3.00. The lowest BCUT2D eigenvalue weighted by molar-refractivity contribution is -0.124. The Hall–Kier alpha value is -2.42. The Morgan fingerprint density at radius 2 is 1.83 bits per heavy atom. The van der Waals surface area contributed by atoms with Crippen molar-refractivity contribution in [2.75, 3.05) is 5.32 Å². The number of carbonyl (C=O) groups excluding carboxylic acids is 2. The van der Waals surface area contributed by atoms with Crippen molar-refractivity contribution in [2.24, 2.45) is 5.10 Å². The average molecular weight is 437 g/mol. The first-order chi connectivity index (χ1) is 11.5. The second-order valence-electron chi connectivity index (χ2n) is 4.92. The first-order valence-electron chi connectivity index (χ1n) is 7.20. The summed E-state index contributed by atoms with van der Waals surface area (Å²) in [4.78, 5) is 23.5. The summed E-state index contributed by atoms with van der Waals surface area (Å²) in [6, 6.07) is 13.9. The molecule has 2 rings (SSSR count). The van der Waals surface area contributed by atoms with Gasteiger partial charge in [0.1, 0.15) is 5.75 Å². The molecule has 2 aromatic rings. The number of phenolic OH excluding ortho intramolecular Hbond substituents is 1. The molecule has 0 bridgehead atoms. The Morgan fingerprint density at radius 1 is 1.08 bits per heavy atom. The number of halogens is 1. The van der Waals surface area contributed by atoms with E-state index in [2.05, 4.69) is 38.4 Å². The van der Waals surface area contributed by atoms with Gasteiger partial charge in [0.2, 0.25) is 11.8 Å². The number of hydrazone groups is 1. The number of carbonyl (C=O) groups is 2. The highest BCUT2D eigenvalue weighted by atomic mass is 127. The minimum absolute atomic E-state index is 0.0344. The summed E-state index contributed by atoms with van der Waals surface area (Å²) in [6.45, 7) is 0. The van der Waals surface area contributed by atoms with Gasteiger partial charge in [-0.25, -0.2) is 5.43 Å². The maximum Gasteiger partial charge on any atom is 0.240 e. The van der Waals surface area contributed by atoms with Gasteiger partial charge in [-0.2, -0.15) is 5.10 Å². The Bertz CT molecular complexity index is 762. The fourth-order valence-electron chi connectivity index (χ4n) is 1.84. The summed E-state index contributed by atoms with van der Waals surface area (Å²) in [7, 11) is 0. The standard InChI is InChI=1S/C17H16IN3O3/c18-14-6-1-2-7-15(14)20-16(23)8-9-17(24)21-19-11-12-4-3-5-13(22)10-12/h1-7,10-11,22H,8-9H2,(H,20,23)(H,21,24)/b19-11+. The summed E-state index contributed by atoms with van der Waals surface area (Å²) < 4.78 is 0.934. The van der Waals surface area contributed by atoms with Crippen LogP contribution in [0.1, 0.15) is 18.4 Å². The maximum atomic E-state index is 11.8. The second kappa shape index (κ2) is 9.02. The van der Waals surface area contributed by atoms with E-state index in [0.29, 0.717) is 5.56 Å². The SMILES string of the molecule is O=C(CCC(=O)Nc1ccccc1I)N/N=C/c1cccc(O)c1. The Kier molecular flexibility index (Phi) is 6.74. The molecule has 0 aliphatic carbocycles. The monoisotopic (exact) mass is 437 g/mol. The third kappa shape index (κ3) is 5.99. The van der Waals surface area contributed by atoms with E-state index in [1.807, 2.05) is 18.2 Å². The molecule has 0 saturated carbocycles. The van der Waals surface area contributed by atoms with Crippen molar-refractivity contribution >= 4 is 46.3 Å². The summed E-state index contributed by atoms with van der Waals surface area (Å²) in [6.07, 6.45) is 1.52. The summed E-state index contributed by atoms with van der Waals surface area (Å²) in [5.41, 5.74) is 3.73. The van der Waals surface area contributed by atoms with Gasteiger partial charge in [-0.1, -0.05) is 24.3 Å². The maximum absolute atomic E-state index is 11.8. The largest absolute Gasteiger partial charge is 0.508 e. The summed E-state index contributed by atoms with van der Waals surface area (Å²) in [5.74, 6) is -0.465. The number of nitrogens with one attached hydrogen (secondary N) is 2. The topological polar surface area (TPSA) is 90.8 Å². The van der Waals surface area contributed by atoms with Gasteiger partial charge >= 0.3 is 0 Å². The Morgan fingerprint density at radius 3 is 2.58 bits per heavy atom. The number of anilines is 1. The lowest BCUT2D eigenvalue weighted by Crippen LogP contribution is -2.20. The van der Waals surface area contributed by atoms with Crippen LogP contribution in [0, 0.1) is 3.57 Å². The highest BCUT2D eigenvalue weighted by Gasteiger charge is 2.08. The van der Waals surface area contributed by atoms with E-state index in [9.17, 15) is 14.7 Å². The number of amides is 2. The van der Waals surface area contributed by atoms with Gasteiger partial charge in [0.25, 0.3) is 0 Å². The van der Waals surface area contributed by atoms with Gasteiger partial charge in [0.05, 0.1) is 11.9 Å². The zero-order valence-electron chi connectivity index (χ0n) is 12.7. The van der Waals surface area contributed by atoms with E-state index < -0.39 is 0 Å². The molecule has 124 valence electrons. The van der Waals surface area contributed by atoms with Gasteiger partial charge < -0.3 is 10.4 Å². The number of hydrogen-bond acceptors (Lipinski definition) is 4. The first kappa shape index (κ1) is 17.9. The molecule has 24 heavy (non-hydrogen) atoms. The van der Waals surface area contributed by atoms with Crippen LogP contribution in [0.3, 0.4) is 0 Å². The molecule has 7 heteroatoms. The van der Waals surface area contributed by atoms with Gasteiger partial charge in [0, 0.05) is 16.4 Å². The molecule has 0 aliphatic heterocycles. The predicted octanol–water partition coefficient (Wildman–Crippen LogP) is 2.87. The molecule has 2 aromatic carbocycles. The van der Waals surface area contributed by atoms with Crippen LogP contribution in [-0.4, -0.2) is 23.1 Å². The molecular weight excluding hydrogens is 421 g/mol. The molecule has 0 fully saturated rings. The molecule has 0 spiro atoms. The third-order valence-corrected chi connectivity index (χ3v) is 3.94.